The largest absolute Gasteiger partial charge is 0.392 e. The predicted octanol–water partition coefficient (Wildman–Crippen LogP) is 6.31. The number of carbonyl (C=O) groups is 1. The Morgan fingerprint density at radius 3 is 2.44 bits per heavy atom. The number of rotatable bonds is 10. The summed E-state index contributed by atoms with van der Waals surface area (Å²) in [5.74, 6) is -0.238. The summed E-state index contributed by atoms with van der Waals surface area (Å²) in [6.07, 6.45) is 3.57. The van der Waals surface area contributed by atoms with Crippen LogP contribution in [0.2, 0.25) is 0 Å². The van der Waals surface area contributed by atoms with E-state index in [1.165, 1.54) is 12.1 Å². The molecule has 39 heavy (non-hydrogen) atoms. The van der Waals surface area contributed by atoms with Crippen LogP contribution in [0.1, 0.15) is 61.4 Å². The van der Waals surface area contributed by atoms with Gasteiger partial charge in [-0.2, -0.15) is 0 Å². The van der Waals surface area contributed by atoms with Crippen molar-refractivity contribution in [1.29, 1.82) is 0 Å². The number of aliphatic hydroxyl groups is 2. The fourth-order valence-corrected chi connectivity index (χ4v) is 5.00. The summed E-state index contributed by atoms with van der Waals surface area (Å²) >= 11 is 0. The molecule has 0 bridgehead atoms. The zero-order chi connectivity index (χ0) is 27.4. The molecule has 1 aliphatic carbocycles. The van der Waals surface area contributed by atoms with Crippen molar-refractivity contribution in [1.82, 2.24) is 10.3 Å². The van der Waals surface area contributed by atoms with Crippen molar-refractivity contribution in [3.8, 4) is 11.1 Å². The smallest absolute Gasteiger partial charge is 0.223 e. The van der Waals surface area contributed by atoms with Crippen molar-refractivity contribution in [2.75, 3.05) is 0 Å². The van der Waals surface area contributed by atoms with Gasteiger partial charge < -0.3 is 15.5 Å². The zero-order valence-electron chi connectivity index (χ0n) is 21.9. The third kappa shape index (κ3) is 6.59. The van der Waals surface area contributed by atoms with Crippen LogP contribution in [0.25, 0.3) is 28.1 Å². The highest BCUT2D eigenvalue weighted by Gasteiger charge is 2.29. The summed E-state index contributed by atoms with van der Waals surface area (Å²) in [7, 11) is 0. The highest BCUT2D eigenvalue weighted by molar-refractivity contribution is 5.99. The minimum Gasteiger partial charge on any atom is -0.392 e. The molecule has 1 heterocycles. The van der Waals surface area contributed by atoms with Crippen molar-refractivity contribution >= 4 is 22.9 Å². The molecule has 0 unspecified atom stereocenters. The van der Waals surface area contributed by atoms with Gasteiger partial charge in [0.25, 0.3) is 0 Å². The number of carbonyl (C=O) groups excluding carboxylic acids is 1. The van der Waals surface area contributed by atoms with Crippen LogP contribution in [0.15, 0.2) is 84.9 Å². The second-order valence-electron chi connectivity index (χ2n) is 10.3. The third-order valence-electron chi connectivity index (χ3n) is 7.15. The van der Waals surface area contributed by atoms with Crippen LogP contribution in [-0.2, 0) is 4.79 Å². The molecule has 0 radical (unpaired) electrons. The molecule has 1 aromatic heterocycles. The van der Waals surface area contributed by atoms with Crippen LogP contribution in [0.3, 0.4) is 0 Å². The van der Waals surface area contributed by atoms with Gasteiger partial charge in [0.15, 0.2) is 0 Å². The van der Waals surface area contributed by atoms with Crippen LogP contribution in [0.4, 0.5) is 4.39 Å². The average molecular weight is 525 g/mol. The summed E-state index contributed by atoms with van der Waals surface area (Å²) in [4.78, 5) is 17.4. The molecule has 1 amide bonds. The molecule has 1 aliphatic rings. The lowest BCUT2D eigenvalue weighted by Crippen LogP contribution is -2.31. The number of aliphatic hydroxyl groups excluding tert-OH is 2. The second kappa shape index (κ2) is 11.9. The number of halogens is 1. The first kappa shape index (κ1) is 26.7. The Labute approximate surface area is 228 Å². The van der Waals surface area contributed by atoms with Gasteiger partial charge in [0, 0.05) is 28.9 Å². The molecule has 6 heteroatoms. The second-order valence-corrected chi connectivity index (χ2v) is 10.3. The van der Waals surface area contributed by atoms with Crippen LogP contribution >= 0.6 is 0 Å². The molecule has 200 valence electrons. The maximum absolute atomic E-state index is 13.7. The molecule has 0 spiro atoms. The number of hydrogen-bond donors (Lipinski definition) is 3. The number of amides is 1. The van der Waals surface area contributed by atoms with Crippen LogP contribution in [0, 0.1) is 5.82 Å². The number of benzene rings is 3. The van der Waals surface area contributed by atoms with Crippen molar-refractivity contribution in [3.63, 3.8) is 0 Å². The lowest BCUT2D eigenvalue weighted by atomic mass is 9.92. The molecule has 3 atom stereocenters. The Bertz CT molecular complexity index is 1470. The first-order chi connectivity index (χ1) is 18.9. The fourth-order valence-electron chi connectivity index (χ4n) is 5.00. The molecule has 3 aromatic carbocycles. The molecule has 5 rings (SSSR count). The minimum atomic E-state index is -0.998. The van der Waals surface area contributed by atoms with Gasteiger partial charge in [0.05, 0.1) is 35.9 Å². The highest BCUT2D eigenvalue weighted by atomic mass is 19.1. The Morgan fingerprint density at radius 1 is 1.03 bits per heavy atom. The molecular weight excluding hydrogens is 491 g/mol. The van der Waals surface area contributed by atoms with Crippen LogP contribution < -0.4 is 5.32 Å². The van der Waals surface area contributed by atoms with Crippen LogP contribution in [-0.4, -0.2) is 33.3 Å². The van der Waals surface area contributed by atoms with E-state index in [-0.39, 0.29) is 30.6 Å². The van der Waals surface area contributed by atoms with Gasteiger partial charge in [-0.3, -0.25) is 9.78 Å². The van der Waals surface area contributed by atoms with E-state index in [1.807, 2.05) is 67.6 Å². The molecule has 3 N–H and O–H groups in total. The van der Waals surface area contributed by atoms with Gasteiger partial charge in [-0.15, -0.1) is 0 Å². The van der Waals surface area contributed by atoms with E-state index >= 15 is 0 Å². The molecule has 0 saturated heterocycles. The van der Waals surface area contributed by atoms with Gasteiger partial charge in [-0.25, -0.2) is 4.39 Å². The summed E-state index contributed by atoms with van der Waals surface area (Å²) in [6.45, 7) is 1.89. The molecule has 1 fully saturated rings. The number of hydrogen-bond acceptors (Lipinski definition) is 4. The summed E-state index contributed by atoms with van der Waals surface area (Å²) in [5.41, 5.74) is 5.53. The van der Waals surface area contributed by atoms with Crippen molar-refractivity contribution in [2.45, 2.75) is 56.8 Å². The lowest BCUT2D eigenvalue weighted by Gasteiger charge is -2.18. The highest BCUT2D eigenvalue weighted by Crippen LogP contribution is 2.45. The van der Waals surface area contributed by atoms with E-state index in [9.17, 15) is 19.4 Å². The maximum Gasteiger partial charge on any atom is 0.223 e. The van der Waals surface area contributed by atoms with Gasteiger partial charge in [0.2, 0.25) is 5.91 Å². The standard InChI is InChI=1S/C33H33FN2O3/c1-21(22-7-3-2-4-8-22)35-31(39)20-27(38)19-26(37)17-18-29-32(23-13-15-25(34)16-14-23)28-9-5-6-10-30(28)36-33(29)24-11-12-24/h2-10,13-18,21,24,26-27,37-38H,11-12,19-20H2,1H3,(H,35,39)/b18-17+/t21-,26-,27-/m0/s1. The maximum atomic E-state index is 13.7. The number of nitrogens with zero attached hydrogens (tertiary/aromatic N) is 1. The first-order valence-corrected chi connectivity index (χ1v) is 13.5. The minimum absolute atomic E-state index is 0.0231. The SMILES string of the molecule is C[C@H](NC(=O)C[C@@H](O)C[C@@H](O)/C=C/c1c(C2CC2)nc2ccccc2c1-c1ccc(F)cc1)c1ccccc1. The monoisotopic (exact) mass is 524 g/mol. The van der Waals surface area contributed by atoms with E-state index in [0.717, 1.165) is 51.7 Å². The summed E-state index contributed by atoms with van der Waals surface area (Å²) in [6, 6.07) is 23.8. The molecule has 0 aliphatic heterocycles. The fraction of sp³-hybridized carbons (Fsp3) is 0.273. The van der Waals surface area contributed by atoms with Crippen molar-refractivity contribution in [3.05, 3.63) is 108 Å². The topological polar surface area (TPSA) is 82.5 Å². The Morgan fingerprint density at radius 2 is 1.72 bits per heavy atom. The van der Waals surface area contributed by atoms with E-state index in [4.69, 9.17) is 4.98 Å². The van der Waals surface area contributed by atoms with Crippen LogP contribution in [0.5, 0.6) is 0 Å². The molecule has 5 nitrogen and oxygen atoms in total. The van der Waals surface area contributed by atoms with Gasteiger partial charge in [-0.05, 0) is 49.1 Å². The number of para-hydroxylation sites is 1. The number of fused-ring (bicyclic) bond motifs is 1. The Kier molecular flexibility index (Phi) is 8.15. The quantitative estimate of drug-likeness (QED) is 0.227. The van der Waals surface area contributed by atoms with Crippen molar-refractivity contribution in [2.24, 2.45) is 0 Å². The lowest BCUT2D eigenvalue weighted by molar-refractivity contribution is -0.123. The Balaban J connectivity index is 1.34. The van der Waals surface area contributed by atoms with E-state index in [1.54, 1.807) is 18.2 Å². The van der Waals surface area contributed by atoms with Gasteiger partial charge in [0.1, 0.15) is 5.82 Å². The van der Waals surface area contributed by atoms with E-state index < -0.39 is 12.2 Å². The number of aromatic nitrogens is 1. The van der Waals surface area contributed by atoms with E-state index in [2.05, 4.69) is 5.32 Å². The summed E-state index contributed by atoms with van der Waals surface area (Å²) in [5, 5.41) is 25.1. The molecule has 4 aromatic rings. The van der Waals surface area contributed by atoms with Gasteiger partial charge >= 0.3 is 0 Å². The number of pyridine rings is 1. The number of nitrogens with one attached hydrogen (secondary N) is 1. The third-order valence-corrected chi connectivity index (χ3v) is 7.15. The average Bonchev–Trinajstić information content (AvgIpc) is 3.77. The first-order valence-electron chi connectivity index (χ1n) is 13.5. The summed E-state index contributed by atoms with van der Waals surface area (Å²) < 4.78 is 13.7. The van der Waals surface area contributed by atoms with Crippen molar-refractivity contribution < 1.29 is 19.4 Å². The zero-order valence-corrected chi connectivity index (χ0v) is 21.9. The van der Waals surface area contributed by atoms with Gasteiger partial charge in [-0.1, -0.05) is 72.8 Å². The molecular formula is C33H33FN2O3. The normalized spacial score (nSPS) is 15.8. The van der Waals surface area contributed by atoms with E-state index in [0.29, 0.717) is 5.92 Å². The predicted molar refractivity (Wildman–Crippen MR) is 152 cm³/mol. The molecule has 1 saturated carbocycles. The Hall–Kier alpha value is -3.87.